The Balaban J connectivity index is 2.31. The van der Waals surface area contributed by atoms with Crippen LogP contribution >= 0.6 is 11.8 Å². The monoisotopic (exact) mass is 268 g/mol. The largest absolute Gasteiger partial charge is 0.497 e. The zero-order valence-electron chi connectivity index (χ0n) is 11.1. The minimum Gasteiger partial charge on any atom is -0.497 e. The third kappa shape index (κ3) is 4.61. The molecular formula is C14H20O3S. The van der Waals surface area contributed by atoms with Gasteiger partial charge in [0.1, 0.15) is 5.75 Å². The molecule has 100 valence electrons. The van der Waals surface area contributed by atoms with Crippen LogP contribution < -0.4 is 4.74 Å². The van der Waals surface area contributed by atoms with Crippen LogP contribution in [0.5, 0.6) is 5.75 Å². The van der Waals surface area contributed by atoms with Gasteiger partial charge in [-0.1, -0.05) is 0 Å². The molecule has 0 radical (unpaired) electrons. The number of thioether (sulfide) groups is 1. The summed E-state index contributed by atoms with van der Waals surface area (Å²) < 4.78 is 5.09. The predicted molar refractivity (Wildman–Crippen MR) is 74.4 cm³/mol. The van der Waals surface area contributed by atoms with Gasteiger partial charge < -0.3 is 9.84 Å². The summed E-state index contributed by atoms with van der Waals surface area (Å²) >= 11 is 1.74. The Morgan fingerprint density at radius 1 is 1.33 bits per heavy atom. The van der Waals surface area contributed by atoms with Gasteiger partial charge in [0.15, 0.2) is 0 Å². The van der Waals surface area contributed by atoms with Crippen LogP contribution in [0.25, 0.3) is 0 Å². The van der Waals surface area contributed by atoms with Crippen LogP contribution in [0.1, 0.15) is 26.7 Å². The van der Waals surface area contributed by atoms with Crippen LogP contribution in [0, 0.1) is 5.41 Å². The van der Waals surface area contributed by atoms with E-state index < -0.39 is 11.4 Å². The van der Waals surface area contributed by atoms with Crippen LogP contribution in [0.3, 0.4) is 0 Å². The lowest BCUT2D eigenvalue weighted by Gasteiger charge is -2.18. The van der Waals surface area contributed by atoms with Crippen LogP contribution in [-0.2, 0) is 4.79 Å². The molecule has 1 N–H and O–H groups in total. The second kappa shape index (κ2) is 6.69. The molecule has 4 heteroatoms. The maximum atomic E-state index is 10.9. The van der Waals surface area contributed by atoms with Crippen molar-refractivity contribution in [1.29, 1.82) is 0 Å². The van der Waals surface area contributed by atoms with Gasteiger partial charge in [-0.3, -0.25) is 4.79 Å². The Labute approximate surface area is 113 Å². The van der Waals surface area contributed by atoms with Gasteiger partial charge in [0.2, 0.25) is 0 Å². The first kappa shape index (κ1) is 14.9. The number of carboxylic acid groups (broad SMARTS) is 1. The van der Waals surface area contributed by atoms with Crippen molar-refractivity contribution < 1.29 is 14.6 Å². The lowest BCUT2D eigenvalue weighted by atomic mass is 9.88. The van der Waals surface area contributed by atoms with Gasteiger partial charge in [-0.05, 0) is 56.7 Å². The van der Waals surface area contributed by atoms with Gasteiger partial charge in [0.25, 0.3) is 0 Å². The summed E-state index contributed by atoms with van der Waals surface area (Å²) in [6.07, 6.45) is 1.60. The van der Waals surface area contributed by atoms with E-state index in [0.717, 1.165) is 17.9 Å². The minimum atomic E-state index is -0.725. The zero-order valence-corrected chi connectivity index (χ0v) is 11.9. The number of benzene rings is 1. The van der Waals surface area contributed by atoms with E-state index in [1.165, 1.54) is 4.90 Å². The molecule has 0 unspecified atom stereocenters. The van der Waals surface area contributed by atoms with E-state index in [2.05, 4.69) is 0 Å². The number of hydrogen-bond donors (Lipinski definition) is 1. The second-order valence-corrected chi connectivity index (χ2v) is 5.98. The highest BCUT2D eigenvalue weighted by Crippen LogP contribution is 2.26. The standard InChI is InChI=1S/C14H20O3S/c1-14(2,13(15)16)9-4-10-18-12-7-5-11(17-3)6-8-12/h5-8H,4,9-10H2,1-3H3,(H,15,16). The number of methoxy groups -OCH3 is 1. The van der Waals surface area contributed by atoms with Gasteiger partial charge in [0, 0.05) is 4.90 Å². The van der Waals surface area contributed by atoms with E-state index in [-0.39, 0.29) is 0 Å². The van der Waals surface area contributed by atoms with E-state index in [1.54, 1.807) is 32.7 Å². The summed E-state index contributed by atoms with van der Waals surface area (Å²) in [5.41, 5.74) is -0.625. The number of carboxylic acids is 1. The van der Waals surface area contributed by atoms with Gasteiger partial charge in [-0.15, -0.1) is 11.8 Å². The van der Waals surface area contributed by atoms with Gasteiger partial charge in [0.05, 0.1) is 12.5 Å². The van der Waals surface area contributed by atoms with E-state index in [1.807, 2.05) is 24.3 Å². The fourth-order valence-electron chi connectivity index (χ4n) is 1.48. The predicted octanol–water partition coefficient (Wildman–Crippen LogP) is 3.68. The molecule has 0 aromatic heterocycles. The van der Waals surface area contributed by atoms with Gasteiger partial charge in [-0.25, -0.2) is 0 Å². The number of aliphatic carboxylic acids is 1. The van der Waals surface area contributed by atoms with Gasteiger partial charge >= 0.3 is 5.97 Å². The smallest absolute Gasteiger partial charge is 0.309 e. The van der Waals surface area contributed by atoms with E-state index in [4.69, 9.17) is 9.84 Å². The van der Waals surface area contributed by atoms with Crippen molar-refractivity contribution in [3.05, 3.63) is 24.3 Å². The third-order valence-corrected chi connectivity index (χ3v) is 3.95. The van der Waals surface area contributed by atoms with Crippen LogP contribution in [-0.4, -0.2) is 23.9 Å². The lowest BCUT2D eigenvalue weighted by Crippen LogP contribution is -2.23. The van der Waals surface area contributed by atoms with Crippen LogP contribution in [0.2, 0.25) is 0 Å². The SMILES string of the molecule is COc1ccc(SCCCC(C)(C)C(=O)O)cc1. The third-order valence-electron chi connectivity index (χ3n) is 2.85. The maximum absolute atomic E-state index is 10.9. The van der Waals surface area contributed by atoms with Crippen molar-refractivity contribution in [3.8, 4) is 5.75 Å². The van der Waals surface area contributed by atoms with Crippen molar-refractivity contribution in [2.45, 2.75) is 31.6 Å². The topological polar surface area (TPSA) is 46.5 Å². The summed E-state index contributed by atoms with van der Waals surface area (Å²) in [7, 11) is 1.65. The molecule has 0 heterocycles. The molecule has 0 fully saturated rings. The van der Waals surface area contributed by atoms with Crippen LogP contribution in [0.4, 0.5) is 0 Å². The highest BCUT2D eigenvalue weighted by molar-refractivity contribution is 7.99. The molecule has 0 bridgehead atoms. The molecule has 0 saturated heterocycles. The van der Waals surface area contributed by atoms with Gasteiger partial charge in [-0.2, -0.15) is 0 Å². The Morgan fingerprint density at radius 2 is 1.94 bits per heavy atom. The number of rotatable bonds is 7. The Morgan fingerprint density at radius 3 is 2.44 bits per heavy atom. The first-order valence-corrected chi connectivity index (χ1v) is 6.94. The van der Waals surface area contributed by atoms with Crippen molar-refractivity contribution in [3.63, 3.8) is 0 Å². The number of ether oxygens (including phenoxy) is 1. The van der Waals surface area contributed by atoms with Crippen molar-refractivity contribution in [1.82, 2.24) is 0 Å². The normalized spacial score (nSPS) is 11.3. The highest BCUT2D eigenvalue weighted by atomic mass is 32.2. The molecular weight excluding hydrogens is 248 g/mol. The Bertz CT molecular complexity index is 385. The Kier molecular flexibility index (Phi) is 5.54. The minimum absolute atomic E-state index is 0.625. The summed E-state index contributed by atoms with van der Waals surface area (Å²) in [6.45, 7) is 3.54. The molecule has 1 aromatic carbocycles. The first-order valence-electron chi connectivity index (χ1n) is 5.96. The highest BCUT2D eigenvalue weighted by Gasteiger charge is 2.25. The molecule has 0 atom stereocenters. The summed E-state index contributed by atoms with van der Waals surface area (Å²) in [4.78, 5) is 12.1. The molecule has 1 aromatic rings. The van der Waals surface area contributed by atoms with Crippen LogP contribution in [0.15, 0.2) is 29.2 Å². The molecule has 0 aliphatic heterocycles. The quantitative estimate of drug-likeness (QED) is 0.605. The fraction of sp³-hybridized carbons (Fsp3) is 0.500. The van der Waals surface area contributed by atoms with E-state index in [0.29, 0.717) is 6.42 Å². The average Bonchev–Trinajstić information content (AvgIpc) is 2.35. The number of hydrogen-bond acceptors (Lipinski definition) is 3. The van der Waals surface area contributed by atoms with Crippen molar-refractivity contribution >= 4 is 17.7 Å². The molecule has 18 heavy (non-hydrogen) atoms. The van der Waals surface area contributed by atoms with E-state index >= 15 is 0 Å². The van der Waals surface area contributed by atoms with Crippen molar-refractivity contribution in [2.24, 2.45) is 5.41 Å². The lowest BCUT2D eigenvalue weighted by molar-refractivity contribution is -0.147. The van der Waals surface area contributed by atoms with Crippen molar-refractivity contribution in [2.75, 3.05) is 12.9 Å². The maximum Gasteiger partial charge on any atom is 0.309 e. The zero-order chi connectivity index (χ0) is 13.6. The fourth-order valence-corrected chi connectivity index (χ4v) is 2.34. The number of carbonyl (C=O) groups is 1. The van der Waals surface area contributed by atoms with E-state index in [9.17, 15) is 4.79 Å². The molecule has 3 nitrogen and oxygen atoms in total. The summed E-state index contributed by atoms with van der Waals surface area (Å²) in [5, 5.41) is 8.99. The summed E-state index contributed by atoms with van der Waals surface area (Å²) in [5.74, 6) is 1.06. The molecule has 0 aliphatic carbocycles. The molecule has 0 spiro atoms. The second-order valence-electron chi connectivity index (χ2n) is 4.82. The molecule has 1 rings (SSSR count). The first-order chi connectivity index (χ1) is 8.45. The molecule has 0 aliphatic rings. The average molecular weight is 268 g/mol. The molecule has 0 amide bonds. The molecule has 0 saturated carbocycles. The Hall–Kier alpha value is -1.16. The summed E-state index contributed by atoms with van der Waals surface area (Å²) in [6, 6.07) is 7.91.